The van der Waals surface area contributed by atoms with E-state index in [4.69, 9.17) is 9.47 Å². The van der Waals surface area contributed by atoms with Crippen LogP contribution in [0.25, 0.3) is 6.20 Å². The number of benzene rings is 1. The highest BCUT2D eigenvalue weighted by Crippen LogP contribution is 2.45. The molecule has 1 aliphatic carbocycles. The Morgan fingerprint density at radius 2 is 2.06 bits per heavy atom. The predicted molar refractivity (Wildman–Crippen MR) is 107 cm³/mol. The van der Waals surface area contributed by atoms with E-state index < -0.39 is 23.2 Å². The van der Waals surface area contributed by atoms with E-state index in [9.17, 15) is 19.6 Å². The second-order valence-corrected chi connectivity index (χ2v) is 7.68. The molecular weight excluding hydrogens is 404 g/mol. The first kappa shape index (κ1) is 19.3. The quantitative estimate of drug-likeness (QED) is 0.590. The molecule has 0 atom stereocenters. The van der Waals surface area contributed by atoms with Gasteiger partial charge in [-0.15, -0.1) is 0 Å². The standard InChI is InChI=1S/C21H20N4O6/c26-17-12-15(22-19-21(6-3-7-21)31-11-9-24(17)19)18(27)25(29)13-14-4-1-2-5-16(14)23-8-10-30-20(23)28/h1-2,4-5,9,11-12,29H,3,6-8,10,13H2. The highest BCUT2D eigenvalue weighted by atomic mass is 16.6. The fourth-order valence-electron chi connectivity index (χ4n) is 4.07. The number of hydrogen-bond acceptors (Lipinski definition) is 7. The number of para-hydroxylation sites is 1. The van der Waals surface area contributed by atoms with Crippen LogP contribution in [0.5, 0.6) is 0 Å². The molecule has 1 aromatic carbocycles. The van der Waals surface area contributed by atoms with Crippen LogP contribution in [0.1, 0.15) is 41.1 Å². The molecule has 1 saturated carbocycles. The van der Waals surface area contributed by atoms with Crippen LogP contribution in [0.4, 0.5) is 10.5 Å². The molecule has 1 N–H and O–H groups in total. The van der Waals surface area contributed by atoms with Crippen LogP contribution in [0.15, 0.2) is 41.4 Å². The Morgan fingerprint density at radius 1 is 1.26 bits per heavy atom. The van der Waals surface area contributed by atoms with Crippen LogP contribution >= 0.6 is 0 Å². The Kier molecular flexibility index (Phi) is 4.51. The first-order valence-corrected chi connectivity index (χ1v) is 10.00. The van der Waals surface area contributed by atoms with Crippen LogP contribution in [0.3, 0.4) is 0 Å². The van der Waals surface area contributed by atoms with E-state index in [1.54, 1.807) is 24.3 Å². The van der Waals surface area contributed by atoms with E-state index in [1.807, 2.05) is 0 Å². The van der Waals surface area contributed by atoms with Gasteiger partial charge >= 0.3 is 6.09 Å². The van der Waals surface area contributed by atoms with Crippen molar-refractivity contribution in [2.75, 3.05) is 18.1 Å². The van der Waals surface area contributed by atoms with E-state index in [0.717, 1.165) is 12.5 Å². The monoisotopic (exact) mass is 424 g/mol. The maximum absolute atomic E-state index is 12.9. The summed E-state index contributed by atoms with van der Waals surface area (Å²) in [5, 5.41) is 11.0. The molecular formula is C21H20N4O6. The Labute approximate surface area is 176 Å². The van der Waals surface area contributed by atoms with Gasteiger partial charge in [0.1, 0.15) is 18.6 Å². The molecule has 2 fully saturated rings. The second kappa shape index (κ2) is 7.24. The van der Waals surface area contributed by atoms with Gasteiger partial charge in [-0.25, -0.2) is 14.8 Å². The van der Waals surface area contributed by atoms with Gasteiger partial charge in [0, 0.05) is 12.3 Å². The normalized spacial score (nSPS) is 18.2. The van der Waals surface area contributed by atoms with Crippen LogP contribution in [0, 0.1) is 0 Å². The molecule has 0 unspecified atom stereocenters. The third kappa shape index (κ3) is 3.15. The minimum atomic E-state index is -0.816. The number of nitrogens with zero attached hydrogens (tertiary/aromatic N) is 4. The average molecular weight is 424 g/mol. The number of hydrogen-bond donors (Lipinski definition) is 1. The van der Waals surface area contributed by atoms with Gasteiger partial charge in [0.15, 0.2) is 11.4 Å². The number of anilines is 1. The van der Waals surface area contributed by atoms with Gasteiger partial charge in [0.05, 0.1) is 18.8 Å². The van der Waals surface area contributed by atoms with Gasteiger partial charge in [0.2, 0.25) is 0 Å². The number of ether oxygens (including phenoxy) is 2. The third-order valence-electron chi connectivity index (χ3n) is 5.84. The first-order valence-electron chi connectivity index (χ1n) is 10.00. The lowest BCUT2D eigenvalue weighted by Crippen LogP contribution is -2.44. The highest BCUT2D eigenvalue weighted by molar-refractivity contribution is 5.92. The number of aromatic nitrogens is 2. The van der Waals surface area contributed by atoms with Gasteiger partial charge in [-0.3, -0.25) is 24.3 Å². The number of carbonyl (C=O) groups is 2. The zero-order chi connectivity index (χ0) is 21.6. The largest absolute Gasteiger partial charge is 0.485 e. The number of amides is 2. The summed E-state index contributed by atoms with van der Waals surface area (Å²) in [6.07, 6.45) is 4.79. The summed E-state index contributed by atoms with van der Waals surface area (Å²) in [5.74, 6) is -0.450. The molecule has 1 spiro atoms. The molecule has 5 rings (SSSR count). The van der Waals surface area contributed by atoms with Crippen LogP contribution in [-0.4, -0.2) is 45.0 Å². The van der Waals surface area contributed by atoms with Crippen molar-refractivity contribution < 1.29 is 24.3 Å². The number of cyclic esters (lactones) is 1. The van der Waals surface area contributed by atoms with Crippen molar-refractivity contribution in [2.45, 2.75) is 31.4 Å². The summed E-state index contributed by atoms with van der Waals surface area (Å²) in [6, 6.07) is 8.01. The van der Waals surface area contributed by atoms with Crippen molar-refractivity contribution in [3.8, 4) is 0 Å². The van der Waals surface area contributed by atoms with Crippen molar-refractivity contribution in [1.29, 1.82) is 0 Å². The molecule has 31 heavy (non-hydrogen) atoms. The van der Waals surface area contributed by atoms with Crippen molar-refractivity contribution in [2.24, 2.45) is 0 Å². The zero-order valence-corrected chi connectivity index (χ0v) is 16.6. The summed E-state index contributed by atoms with van der Waals surface area (Å²) < 4.78 is 12.1. The average Bonchev–Trinajstić information content (AvgIpc) is 3.17. The Bertz CT molecular complexity index is 1150. The lowest BCUT2D eigenvalue weighted by molar-refractivity contribution is -0.0688. The molecule has 10 heteroatoms. The van der Waals surface area contributed by atoms with Gasteiger partial charge < -0.3 is 9.47 Å². The van der Waals surface area contributed by atoms with E-state index in [0.29, 0.717) is 41.5 Å². The van der Waals surface area contributed by atoms with Gasteiger partial charge in [-0.2, -0.15) is 0 Å². The zero-order valence-electron chi connectivity index (χ0n) is 16.6. The van der Waals surface area contributed by atoms with Crippen LogP contribution < -0.4 is 10.5 Å². The molecule has 3 aliphatic rings. The molecule has 160 valence electrons. The van der Waals surface area contributed by atoms with Gasteiger partial charge in [-0.1, -0.05) is 18.2 Å². The molecule has 2 aliphatic heterocycles. The molecule has 0 bridgehead atoms. The Hall–Kier alpha value is -3.66. The predicted octanol–water partition coefficient (Wildman–Crippen LogP) is 2.07. The van der Waals surface area contributed by atoms with Crippen LogP contribution in [0.2, 0.25) is 0 Å². The van der Waals surface area contributed by atoms with E-state index in [1.165, 1.54) is 21.9 Å². The maximum atomic E-state index is 12.9. The number of carbonyl (C=O) groups excluding carboxylic acids is 2. The Morgan fingerprint density at radius 3 is 2.77 bits per heavy atom. The Balaban J connectivity index is 1.43. The fourth-order valence-corrected chi connectivity index (χ4v) is 4.07. The minimum Gasteiger partial charge on any atom is -0.485 e. The van der Waals surface area contributed by atoms with Gasteiger partial charge in [-0.05, 0) is 30.9 Å². The number of hydroxylamine groups is 2. The van der Waals surface area contributed by atoms with E-state index in [2.05, 4.69) is 4.98 Å². The molecule has 10 nitrogen and oxygen atoms in total. The number of rotatable bonds is 4. The molecule has 0 radical (unpaired) electrons. The van der Waals surface area contributed by atoms with Crippen LogP contribution in [-0.2, 0) is 21.6 Å². The van der Waals surface area contributed by atoms with Crippen molar-refractivity contribution >= 4 is 23.9 Å². The summed E-state index contributed by atoms with van der Waals surface area (Å²) in [7, 11) is 0. The summed E-state index contributed by atoms with van der Waals surface area (Å²) in [6.45, 7) is 0.463. The molecule has 2 aromatic rings. The molecule has 1 aromatic heterocycles. The molecule has 2 amide bonds. The lowest BCUT2D eigenvalue weighted by atomic mass is 9.78. The molecule has 1 saturated heterocycles. The topological polar surface area (TPSA) is 114 Å². The molecule has 3 heterocycles. The minimum absolute atomic E-state index is 0.165. The summed E-state index contributed by atoms with van der Waals surface area (Å²) in [4.78, 5) is 43.2. The lowest BCUT2D eigenvalue weighted by Gasteiger charge is -2.42. The maximum Gasteiger partial charge on any atom is 0.414 e. The first-order chi connectivity index (χ1) is 15.0. The highest BCUT2D eigenvalue weighted by Gasteiger charge is 2.46. The summed E-state index contributed by atoms with van der Waals surface area (Å²) >= 11 is 0. The number of fused-ring (bicyclic) bond motifs is 2. The van der Waals surface area contributed by atoms with Crippen molar-refractivity contribution in [3.63, 3.8) is 0 Å². The third-order valence-corrected chi connectivity index (χ3v) is 5.84. The van der Waals surface area contributed by atoms with Crippen molar-refractivity contribution in [3.05, 3.63) is 64.0 Å². The van der Waals surface area contributed by atoms with E-state index >= 15 is 0 Å². The summed E-state index contributed by atoms with van der Waals surface area (Å²) in [5.41, 5.74) is -0.196. The smallest absolute Gasteiger partial charge is 0.414 e. The second-order valence-electron chi connectivity index (χ2n) is 7.68. The van der Waals surface area contributed by atoms with Crippen molar-refractivity contribution in [1.82, 2.24) is 14.6 Å². The SMILES string of the molecule is O=C(c1cc(=O)n2c(n1)C1(CCC1)OC=C2)N(O)Cc1ccccc1N1CCOC1=O. The van der Waals surface area contributed by atoms with Gasteiger partial charge in [0.25, 0.3) is 11.5 Å². The fraction of sp³-hybridized carbons (Fsp3) is 0.333. The van der Waals surface area contributed by atoms with E-state index in [-0.39, 0.29) is 18.8 Å².